The van der Waals surface area contributed by atoms with Crippen molar-refractivity contribution in [1.82, 2.24) is 10.3 Å². The van der Waals surface area contributed by atoms with Crippen molar-refractivity contribution in [1.29, 1.82) is 0 Å². The minimum atomic E-state index is -4.27. The van der Waals surface area contributed by atoms with E-state index in [1.54, 1.807) is 48.9 Å². The smallest absolute Gasteiger partial charge is 0.449 e. The molecule has 0 unspecified atom stereocenters. The molecule has 2 N–H and O–H groups in total. The molecule has 0 aliphatic rings. The zero-order chi connectivity index (χ0) is 21.3. The van der Waals surface area contributed by atoms with Crippen molar-refractivity contribution >= 4 is 26.5 Å². The van der Waals surface area contributed by atoms with Gasteiger partial charge in [0.25, 0.3) is 0 Å². The van der Waals surface area contributed by atoms with Gasteiger partial charge in [-0.05, 0) is 41.1 Å². The molecule has 0 aliphatic carbocycles. The summed E-state index contributed by atoms with van der Waals surface area (Å²) in [5.41, 5.74) is 1.79. The van der Waals surface area contributed by atoms with E-state index in [2.05, 4.69) is 15.0 Å². The first-order valence-electron chi connectivity index (χ1n) is 8.71. The lowest BCUT2D eigenvalue weighted by atomic mass is 10.2. The van der Waals surface area contributed by atoms with Crippen LogP contribution in [0.5, 0.6) is 5.75 Å². The van der Waals surface area contributed by atoms with E-state index in [0.717, 1.165) is 27.1 Å². The third-order valence-electron chi connectivity index (χ3n) is 4.27. The molecule has 2 aromatic heterocycles. The summed E-state index contributed by atoms with van der Waals surface area (Å²) in [7, 11) is -2.69. The number of methoxy groups -OCH3 is 1. The number of benzene rings is 2. The molecule has 0 amide bonds. The molecule has 2 aromatic carbocycles. The van der Waals surface area contributed by atoms with E-state index in [4.69, 9.17) is 9.26 Å². The van der Waals surface area contributed by atoms with E-state index >= 15 is 0 Å². The Labute approximate surface area is 175 Å². The van der Waals surface area contributed by atoms with Crippen LogP contribution >= 0.6 is 11.3 Å². The third kappa shape index (κ3) is 3.84. The maximum Gasteiger partial charge on any atom is 0.449 e. The number of nitrogens with zero attached hydrogens (tertiary/aromatic N) is 2. The van der Waals surface area contributed by atoms with Gasteiger partial charge < -0.3 is 4.74 Å². The van der Waals surface area contributed by atoms with Crippen LogP contribution in [0.4, 0.5) is 5.13 Å². The molecular formula is C19H17N4O5S2+. The Morgan fingerprint density at radius 3 is 2.50 bits per heavy atom. The minimum Gasteiger partial charge on any atom is -0.497 e. The van der Waals surface area contributed by atoms with Gasteiger partial charge in [0, 0.05) is 23.1 Å². The van der Waals surface area contributed by atoms with Gasteiger partial charge in [-0.25, -0.2) is 14.5 Å². The predicted octanol–water partition coefficient (Wildman–Crippen LogP) is 2.49. The van der Waals surface area contributed by atoms with Crippen molar-refractivity contribution in [3.8, 4) is 22.7 Å². The zero-order valence-electron chi connectivity index (χ0n) is 15.9. The Bertz CT molecular complexity index is 1340. The van der Waals surface area contributed by atoms with E-state index in [1.165, 1.54) is 0 Å². The summed E-state index contributed by atoms with van der Waals surface area (Å²) < 4.78 is 39.1. The summed E-state index contributed by atoms with van der Waals surface area (Å²) in [5.74, 6) is 0.703. The molecule has 0 fully saturated rings. The Hall–Kier alpha value is -3.44. The molecule has 11 heteroatoms. The van der Waals surface area contributed by atoms with Crippen LogP contribution in [-0.2, 0) is 10.0 Å². The van der Waals surface area contributed by atoms with E-state index in [1.807, 2.05) is 19.1 Å². The van der Waals surface area contributed by atoms with Gasteiger partial charge in [0.05, 0.1) is 12.8 Å². The highest BCUT2D eigenvalue weighted by molar-refractivity contribution is 7.92. The molecule has 4 aromatic rings. The van der Waals surface area contributed by atoms with Crippen LogP contribution in [0, 0.1) is 6.92 Å². The number of hydrogen-bond acceptors (Lipinski definition) is 7. The lowest BCUT2D eigenvalue weighted by molar-refractivity contribution is -0.705. The fourth-order valence-electron chi connectivity index (χ4n) is 2.74. The average molecular weight is 446 g/mol. The summed E-state index contributed by atoms with van der Waals surface area (Å²) in [5, 5.41) is 3.59. The van der Waals surface area contributed by atoms with Crippen LogP contribution < -0.4 is 19.8 Å². The maximum absolute atomic E-state index is 12.9. The molecule has 0 bridgehead atoms. The zero-order valence-corrected chi connectivity index (χ0v) is 17.6. The van der Waals surface area contributed by atoms with Gasteiger partial charge in [0.2, 0.25) is 5.69 Å². The second kappa shape index (κ2) is 7.76. The number of anilines is 1. The van der Waals surface area contributed by atoms with Crippen molar-refractivity contribution in [2.75, 3.05) is 11.8 Å². The molecule has 4 rings (SSSR count). The van der Waals surface area contributed by atoms with Crippen molar-refractivity contribution in [2.45, 2.75) is 11.9 Å². The second-order valence-electron chi connectivity index (χ2n) is 6.33. The number of aromatic amines is 1. The summed E-state index contributed by atoms with van der Waals surface area (Å²) in [6.45, 7) is 1.90. The molecule has 0 radical (unpaired) electrons. The van der Waals surface area contributed by atoms with Gasteiger partial charge in [0.1, 0.15) is 5.75 Å². The number of ether oxygens (including phenoxy) is 1. The SMILES string of the molecule is COc1ccc(-c2csc(NS(=O)(=O)c3c(=O)o[nH][n+]3-c3ccc(C)cc3)n2)cc1. The Kier molecular flexibility index (Phi) is 5.14. The van der Waals surface area contributed by atoms with Crippen LogP contribution in [0.3, 0.4) is 0 Å². The highest BCUT2D eigenvalue weighted by Gasteiger charge is 2.37. The molecule has 0 saturated carbocycles. The molecule has 0 saturated heterocycles. The molecule has 154 valence electrons. The second-order valence-corrected chi connectivity index (χ2v) is 8.78. The first-order valence-corrected chi connectivity index (χ1v) is 11.1. The maximum atomic E-state index is 12.9. The molecule has 9 nitrogen and oxygen atoms in total. The summed E-state index contributed by atoms with van der Waals surface area (Å²) in [6.07, 6.45) is 0. The first kappa shape index (κ1) is 19.9. The fourth-order valence-corrected chi connectivity index (χ4v) is 4.84. The van der Waals surface area contributed by atoms with Crippen molar-refractivity contribution in [2.24, 2.45) is 0 Å². The number of aryl methyl sites for hydroxylation is 1. The Morgan fingerprint density at radius 1 is 1.13 bits per heavy atom. The van der Waals surface area contributed by atoms with E-state index in [0.29, 0.717) is 17.1 Å². The number of rotatable bonds is 6. The lowest BCUT2D eigenvalue weighted by Crippen LogP contribution is -2.42. The number of thiazole rings is 1. The van der Waals surface area contributed by atoms with Crippen LogP contribution in [0.1, 0.15) is 5.56 Å². The van der Waals surface area contributed by atoms with Gasteiger partial charge in [0.15, 0.2) is 5.13 Å². The monoisotopic (exact) mass is 445 g/mol. The minimum absolute atomic E-state index is 0.122. The number of nitrogens with one attached hydrogen (secondary N) is 2. The number of hydrogen-bond donors (Lipinski definition) is 2. The fraction of sp³-hybridized carbons (Fsp3) is 0.105. The van der Waals surface area contributed by atoms with Crippen molar-refractivity contribution in [3.63, 3.8) is 0 Å². The molecule has 2 heterocycles. The normalized spacial score (nSPS) is 11.4. The topological polar surface area (TPSA) is 118 Å². The third-order valence-corrected chi connectivity index (χ3v) is 6.47. The number of aromatic nitrogens is 3. The molecule has 0 spiro atoms. The van der Waals surface area contributed by atoms with Crippen molar-refractivity contribution in [3.05, 3.63) is 69.9 Å². The quantitative estimate of drug-likeness (QED) is 0.440. The summed E-state index contributed by atoms with van der Waals surface area (Å²) >= 11 is 1.10. The van der Waals surface area contributed by atoms with Crippen LogP contribution in [0.2, 0.25) is 0 Å². The van der Waals surface area contributed by atoms with E-state index < -0.39 is 20.7 Å². The summed E-state index contributed by atoms with van der Waals surface area (Å²) in [6, 6.07) is 14.1. The lowest BCUT2D eigenvalue weighted by Gasteiger charge is -2.01. The average Bonchev–Trinajstić information content (AvgIpc) is 3.35. The van der Waals surface area contributed by atoms with E-state index in [9.17, 15) is 13.2 Å². The van der Waals surface area contributed by atoms with Gasteiger partial charge in [-0.3, -0.25) is 4.52 Å². The van der Waals surface area contributed by atoms with E-state index in [-0.39, 0.29) is 5.13 Å². The number of H-pyrrole nitrogens is 1. The highest BCUT2D eigenvalue weighted by Crippen LogP contribution is 2.27. The molecule has 0 atom stereocenters. The van der Waals surface area contributed by atoms with Gasteiger partial charge in [-0.2, -0.15) is 8.42 Å². The van der Waals surface area contributed by atoms with Crippen LogP contribution in [-0.4, -0.2) is 25.8 Å². The molecular weight excluding hydrogens is 428 g/mol. The van der Waals surface area contributed by atoms with Gasteiger partial charge in [-0.15, -0.1) is 11.3 Å². The molecule has 30 heavy (non-hydrogen) atoms. The van der Waals surface area contributed by atoms with Crippen molar-refractivity contribution < 1.29 is 22.4 Å². The Balaban J connectivity index is 1.64. The highest BCUT2D eigenvalue weighted by atomic mass is 32.2. The van der Waals surface area contributed by atoms with Gasteiger partial charge in [-0.1, -0.05) is 17.7 Å². The van der Waals surface area contributed by atoms with Crippen LogP contribution in [0.15, 0.2) is 68.3 Å². The number of sulfonamides is 1. The predicted molar refractivity (Wildman–Crippen MR) is 111 cm³/mol. The summed E-state index contributed by atoms with van der Waals surface area (Å²) in [4.78, 5) is 16.4. The first-order chi connectivity index (χ1) is 14.4. The standard InChI is InChI=1S/C19H16N4O5S2/c1-12-3-7-14(8-4-12)23-17(18(24)28-22-23)30(25,26)21-19-20-16(11-29-19)13-5-9-15(27-2)10-6-13/h3-11H,1-2H3,(H-,20,21,22,24)/p+1. The molecule has 0 aliphatic heterocycles. The van der Waals surface area contributed by atoms with Gasteiger partial charge >= 0.3 is 20.7 Å². The largest absolute Gasteiger partial charge is 0.497 e. The van der Waals surface area contributed by atoms with Crippen LogP contribution in [0.25, 0.3) is 16.9 Å². The Morgan fingerprint density at radius 2 is 1.83 bits per heavy atom.